The summed E-state index contributed by atoms with van der Waals surface area (Å²) in [5.41, 5.74) is 0. The van der Waals surface area contributed by atoms with E-state index in [1.54, 1.807) is 20.8 Å². The predicted molar refractivity (Wildman–Crippen MR) is 71.4 cm³/mol. The maximum atomic E-state index is 12.1. The third-order valence-electron chi connectivity index (χ3n) is 1.39. The molecule has 0 saturated heterocycles. The number of rotatable bonds is 9. The van der Waals surface area contributed by atoms with Crippen molar-refractivity contribution in [2.45, 2.75) is 36.9 Å². The number of halogens is 3. The molecule has 104 valence electrons. The Morgan fingerprint density at radius 3 is 1.24 bits per heavy atom. The summed E-state index contributed by atoms with van der Waals surface area (Å²) >= 11 is 17.1. The molecular formula is C9H18Cl3O4P. The van der Waals surface area contributed by atoms with E-state index < -0.39 is 7.82 Å². The van der Waals surface area contributed by atoms with Crippen LogP contribution in [-0.4, -0.2) is 36.0 Å². The average molecular weight is 328 g/mol. The fraction of sp³-hybridized carbons (Fsp3) is 1.00. The molecule has 0 unspecified atom stereocenters. The smallest absolute Gasteiger partial charge is 0.285 e. The molecule has 0 rings (SSSR count). The maximum Gasteiger partial charge on any atom is 0.474 e. The molecule has 0 N–H and O–H groups in total. The van der Waals surface area contributed by atoms with Crippen molar-refractivity contribution in [1.82, 2.24) is 0 Å². The summed E-state index contributed by atoms with van der Waals surface area (Å²) in [4.78, 5) is 0. The molecular weight excluding hydrogens is 309 g/mol. The zero-order valence-corrected chi connectivity index (χ0v) is 13.2. The summed E-state index contributed by atoms with van der Waals surface area (Å²) in [5, 5.41) is -0.882. The quantitative estimate of drug-likeness (QED) is 0.474. The number of alkyl halides is 3. The van der Waals surface area contributed by atoms with Gasteiger partial charge in [-0.15, -0.1) is 34.8 Å². The van der Waals surface area contributed by atoms with Crippen molar-refractivity contribution in [3.8, 4) is 0 Å². The Bertz CT molecular complexity index is 210. The molecule has 0 aliphatic heterocycles. The van der Waals surface area contributed by atoms with Crippen LogP contribution in [0.1, 0.15) is 20.8 Å². The molecule has 0 saturated carbocycles. The van der Waals surface area contributed by atoms with Crippen LogP contribution in [0.2, 0.25) is 0 Å². The van der Waals surface area contributed by atoms with Crippen LogP contribution in [0, 0.1) is 0 Å². The minimum atomic E-state index is -3.63. The Morgan fingerprint density at radius 2 is 1.06 bits per heavy atom. The SMILES string of the molecule is C[C@@H](Cl)COP(=O)(OC[C@@H](C)Cl)OC[C@@H](C)Cl. The lowest BCUT2D eigenvalue weighted by molar-refractivity contribution is 0.115. The second-order valence-electron chi connectivity index (χ2n) is 3.68. The zero-order valence-electron chi connectivity index (χ0n) is 10.1. The Morgan fingerprint density at radius 1 is 0.824 bits per heavy atom. The molecule has 0 aromatic rings. The van der Waals surface area contributed by atoms with Crippen LogP contribution in [0.4, 0.5) is 0 Å². The highest BCUT2D eigenvalue weighted by molar-refractivity contribution is 7.48. The van der Waals surface area contributed by atoms with E-state index in [0.717, 1.165) is 0 Å². The van der Waals surface area contributed by atoms with Crippen molar-refractivity contribution in [1.29, 1.82) is 0 Å². The number of phosphoric acid groups is 1. The minimum absolute atomic E-state index is 0.0617. The molecule has 0 spiro atoms. The van der Waals surface area contributed by atoms with Crippen LogP contribution in [0.3, 0.4) is 0 Å². The predicted octanol–water partition coefficient (Wildman–Crippen LogP) is 4.03. The zero-order chi connectivity index (χ0) is 13.5. The van der Waals surface area contributed by atoms with Gasteiger partial charge in [0, 0.05) is 0 Å². The lowest BCUT2D eigenvalue weighted by Crippen LogP contribution is -2.13. The molecule has 0 amide bonds. The highest BCUT2D eigenvalue weighted by atomic mass is 35.5. The summed E-state index contributed by atoms with van der Waals surface area (Å²) in [5.74, 6) is 0. The number of phosphoric ester groups is 1. The monoisotopic (exact) mass is 326 g/mol. The van der Waals surface area contributed by atoms with Gasteiger partial charge < -0.3 is 0 Å². The van der Waals surface area contributed by atoms with Crippen molar-refractivity contribution in [2.75, 3.05) is 19.8 Å². The topological polar surface area (TPSA) is 44.8 Å². The summed E-state index contributed by atoms with van der Waals surface area (Å²) in [7, 11) is -3.63. The highest BCUT2D eigenvalue weighted by Crippen LogP contribution is 2.50. The molecule has 0 aliphatic carbocycles. The molecule has 0 aromatic heterocycles. The van der Waals surface area contributed by atoms with Crippen LogP contribution in [-0.2, 0) is 18.1 Å². The second kappa shape index (κ2) is 8.98. The molecule has 0 radical (unpaired) electrons. The largest absolute Gasteiger partial charge is 0.474 e. The van der Waals surface area contributed by atoms with Gasteiger partial charge in [0.2, 0.25) is 0 Å². The van der Waals surface area contributed by atoms with Crippen molar-refractivity contribution >= 4 is 42.6 Å². The van der Waals surface area contributed by atoms with Gasteiger partial charge in [0.15, 0.2) is 0 Å². The fourth-order valence-electron chi connectivity index (χ4n) is 0.694. The van der Waals surface area contributed by atoms with Gasteiger partial charge in [0.1, 0.15) is 0 Å². The Balaban J connectivity index is 4.29. The van der Waals surface area contributed by atoms with Gasteiger partial charge in [-0.2, -0.15) is 0 Å². The van der Waals surface area contributed by atoms with Crippen molar-refractivity contribution in [2.24, 2.45) is 0 Å². The highest BCUT2D eigenvalue weighted by Gasteiger charge is 2.28. The average Bonchev–Trinajstić information content (AvgIpc) is 2.21. The normalized spacial score (nSPS) is 17.8. The Kier molecular flexibility index (Phi) is 9.49. The molecule has 0 fully saturated rings. The van der Waals surface area contributed by atoms with Crippen LogP contribution >= 0.6 is 42.6 Å². The van der Waals surface area contributed by atoms with E-state index >= 15 is 0 Å². The van der Waals surface area contributed by atoms with Gasteiger partial charge in [-0.3, -0.25) is 13.6 Å². The van der Waals surface area contributed by atoms with Gasteiger partial charge in [-0.1, -0.05) is 0 Å². The standard InChI is InChI=1S/C9H18Cl3O4P/c1-7(10)4-14-17(13,15-5-8(2)11)16-6-9(3)12/h7-9H,4-6H2,1-3H3/t7-,8-,9-/m1/s1. The number of hydrogen-bond acceptors (Lipinski definition) is 4. The molecule has 0 aromatic carbocycles. The van der Waals surface area contributed by atoms with Gasteiger partial charge in [0.25, 0.3) is 0 Å². The minimum Gasteiger partial charge on any atom is -0.285 e. The van der Waals surface area contributed by atoms with Gasteiger partial charge >= 0.3 is 7.82 Å². The van der Waals surface area contributed by atoms with Crippen molar-refractivity contribution in [3.63, 3.8) is 0 Å². The van der Waals surface area contributed by atoms with E-state index in [1.165, 1.54) is 0 Å². The van der Waals surface area contributed by atoms with Crippen LogP contribution in [0.25, 0.3) is 0 Å². The molecule has 4 nitrogen and oxygen atoms in total. The first kappa shape index (κ1) is 18.0. The molecule has 3 atom stereocenters. The lowest BCUT2D eigenvalue weighted by Gasteiger charge is -2.19. The molecule has 17 heavy (non-hydrogen) atoms. The van der Waals surface area contributed by atoms with Gasteiger partial charge in [-0.05, 0) is 20.8 Å². The van der Waals surface area contributed by atoms with Gasteiger partial charge in [0.05, 0.1) is 36.0 Å². The van der Waals surface area contributed by atoms with E-state index in [-0.39, 0.29) is 36.0 Å². The summed E-state index contributed by atoms with van der Waals surface area (Å²) in [6, 6.07) is 0. The van der Waals surface area contributed by atoms with E-state index in [2.05, 4.69) is 0 Å². The molecule has 8 heteroatoms. The third kappa shape index (κ3) is 10.6. The van der Waals surface area contributed by atoms with E-state index in [0.29, 0.717) is 0 Å². The first-order valence-corrected chi connectivity index (χ1v) is 7.98. The summed E-state index contributed by atoms with van der Waals surface area (Å²) < 4.78 is 27.2. The van der Waals surface area contributed by atoms with Crippen LogP contribution < -0.4 is 0 Å². The van der Waals surface area contributed by atoms with E-state index in [4.69, 9.17) is 48.4 Å². The van der Waals surface area contributed by atoms with Crippen LogP contribution in [0.5, 0.6) is 0 Å². The second-order valence-corrected chi connectivity index (χ2v) is 7.58. The molecule has 0 heterocycles. The van der Waals surface area contributed by atoms with Gasteiger partial charge in [-0.25, -0.2) is 4.57 Å². The maximum absolute atomic E-state index is 12.1. The van der Waals surface area contributed by atoms with E-state index in [1.807, 2.05) is 0 Å². The third-order valence-corrected chi connectivity index (χ3v) is 3.16. The van der Waals surface area contributed by atoms with Crippen LogP contribution in [0.15, 0.2) is 0 Å². The lowest BCUT2D eigenvalue weighted by atomic mass is 10.5. The first-order valence-electron chi connectivity index (χ1n) is 5.21. The van der Waals surface area contributed by atoms with E-state index in [9.17, 15) is 4.57 Å². The van der Waals surface area contributed by atoms with Crippen molar-refractivity contribution in [3.05, 3.63) is 0 Å². The Labute approximate surface area is 117 Å². The molecule has 0 bridgehead atoms. The fourth-order valence-corrected chi connectivity index (χ4v) is 2.59. The molecule has 0 aliphatic rings. The first-order chi connectivity index (χ1) is 7.75. The van der Waals surface area contributed by atoms with Crippen molar-refractivity contribution < 1.29 is 18.1 Å². The number of hydrogen-bond donors (Lipinski definition) is 0. The summed E-state index contributed by atoms with van der Waals surface area (Å²) in [6.07, 6.45) is 0. The summed E-state index contributed by atoms with van der Waals surface area (Å²) in [6.45, 7) is 5.31. The Hall–Kier alpha value is 0.980.